The van der Waals surface area contributed by atoms with E-state index in [2.05, 4.69) is 11.6 Å². The van der Waals surface area contributed by atoms with E-state index in [1.165, 1.54) is 6.07 Å². The van der Waals surface area contributed by atoms with Gasteiger partial charge < -0.3 is 5.32 Å². The van der Waals surface area contributed by atoms with Crippen LogP contribution in [0.3, 0.4) is 0 Å². The number of anilines is 1. The lowest BCUT2D eigenvalue weighted by molar-refractivity contribution is -0.384. The summed E-state index contributed by atoms with van der Waals surface area (Å²) in [6, 6.07) is 13.4. The van der Waals surface area contributed by atoms with Crippen molar-refractivity contribution in [2.24, 2.45) is 0 Å². The number of hydrogen-bond donors (Lipinski definition) is 1. The van der Waals surface area contributed by atoms with Gasteiger partial charge in [-0.1, -0.05) is 30.3 Å². The van der Waals surface area contributed by atoms with Crippen molar-refractivity contribution in [3.63, 3.8) is 0 Å². The second-order valence-electron chi connectivity index (χ2n) is 5.92. The maximum absolute atomic E-state index is 12.5. The third kappa shape index (κ3) is 3.43. The first-order chi connectivity index (χ1) is 11.5. The van der Waals surface area contributed by atoms with Gasteiger partial charge in [0.15, 0.2) is 5.78 Å². The van der Waals surface area contributed by atoms with Gasteiger partial charge >= 0.3 is 0 Å². The van der Waals surface area contributed by atoms with Crippen LogP contribution in [-0.2, 0) is 0 Å². The topological polar surface area (TPSA) is 72.2 Å². The Morgan fingerprint density at radius 1 is 1.21 bits per heavy atom. The van der Waals surface area contributed by atoms with Gasteiger partial charge in [0.2, 0.25) is 0 Å². The minimum Gasteiger partial charge on any atom is -0.378 e. The number of benzene rings is 2. The third-order valence-electron chi connectivity index (χ3n) is 4.33. The van der Waals surface area contributed by atoms with Crippen LogP contribution in [0.1, 0.15) is 28.8 Å². The summed E-state index contributed by atoms with van der Waals surface area (Å²) in [4.78, 5) is 23.4. The fourth-order valence-electron chi connectivity index (χ4n) is 2.58. The van der Waals surface area contributed by atoms with Crippen molar-refractivity contribution in [1.82, 2.24) is 0 Å². The van der Waals surface area contributed by atoms with E-state index in [1.807, 2.05) is 6.07 Å². The van der Waals surface area contributed by atoms with E-state index < -0.39 is 4.92 Å². The molecule has 0 amide bonds. The van der Waals surface area contributed by atoms with Gasteiger partial charge in [0, 0.05) is 28.5 Å². The van der Waals surface area contributed by atoms with Crippen LogP contribution in [0.25, 0.3) is 0 Å². The highest BCUT2D eigenvalue weighted by Crippen LogP contribution is 2.47. The zero-order valence-electron chi connectivity index (χ0n) is 13.3. The molecule has 0 heterocycles. The van der Waals surface area contributed by atoms with E-state index in [-0.39, 0.29) is 16.2 Å². The highest BCUT2D eigenvalue weighted by atomic mass is 32.2. The van der Waals surface area contributed by atoms with Crippen LogP contribution in [0.5, 0.6) is 0 Å². The van der Waals surface area contributed by atoms with Gasteiger partial charge in [0.25, 0.3) is 5.69 Å². The Morgan fingerprint density at radius 2 is 1.92 bits per heavy atom. The van der Waals surface area contributed by atoms with Gasteiger partial charge in [0.1, 0.15) is 5.69 Å². The molecule has 1 saturated carbocycles. The molecule has 2 aromatic carbocycles. The lowest BCUT2D eigenvalue weighted by Gasteiger charge is -2.14. The predicted molar refractivity (Wildman–Crippen MR) is 96.9 cm³/mol. The molecule has 1 fully saturated rings. The van der Waals surface area contributed by atoms with Crippen LogP contribution in [0.2, 0.25) is 0 Å². The number of nitro groups is 1. The Hall–Kier alpha value is -2.34. The SMILES string of the molecule is CSC1(CNc2ccc(C(=O)c3ccccc3)cc2[N+](=O)[O-])CC1. The van der Waals surface area contributed by atoms with Gasteiger partial charge in [-0.25, -0.2) is 0 Å². The average molecular weight is 342 g/mol. The molecule has 0 aromatic heterocycles. The zero-order chi connectivity index (χ0) is 17.2. The summed E-state index contributed by atoms with van der Waals surface area (Å²) in [5.74, 6) is -0.215. The van der Waals surface area contributed by atoms with Crippen LogP contribution in [0.15, 0.2) is 48.5 Å². The maximum Gasteiger partial charge on any atom is 0.293 e. The Bertz CT molecular complexity index is 773. The molecule has 0 unspecified atom stereocenters. The fraction of sp³-hybridized carbons (Fsp3) is 0.278. The minimum atomic E-state index is -0.442. The van der Waals surface area contributed by atoms with Crippen LogP contribution >= 0.6 is 11.8 Å². The van der Waals surface area contributed by atoms with Crippen molar-refractivity contribution >= 4 is 28.9 Å². The highest BCUT2D eigenvalue weighted by molar-refractivity contribution is 8.00. The van der Waals surface area contributed by atoms with E-state index in [0.717, 1.165) is 12.8 Å². The monoisotopic (exact) mass is 342 g/mol. The van der Waals surface area contributed by atoms with Crippen molar-refractivity contribution in [2.75, 3.05) is 18.1 Å². The van der Waals surface area contributed by atoms with E-state index in [4.69, 9.17) is 0 Å². The Morgan fingerprint density at radius 3 is 2.50 bits per heavy atom. The van der Waals surface area contributed by atoms with E-state index in [9.17, 15) is 14.9 Å². The molecule has 5 nitrogen and oxygen atoms in total. The second-order valence-corrected chi connectivity index (χ2v) is 7.20. The number of nitro benzene ring substituents is 1. The molecule has 1 aliphatic rings. The largest absolute Gasteiger partial charge is 0.378 e. The molecular weight excluding hydrogens is 324 g/mol. The van der Waals surface area contributed by atoms with Gasteiger partial charge in [-0.3, -0.25) is 14.9 Å². The quantitative estimate of drug-likeness (QED) is 0.465. The standard InChI is InChI=1S/C18H18N2O3S/c1-24-18(9-10-18)12-19-15-8-7-14(11-16(15)20(22)23)17(21)13-5-3-2-4-6-13/h2-8,11,19H,9-10,12H2,1H3. The lowest BCUT2D eigenvalue weighted by atomic mass is 10.0. The molecule has 0 bridgehead atoms. The number of nitrogens with one attached hydrogen (secondary N) is 1. The van der Waals surface area contributed by atoms with Gasteiger partial charge in [-0.15, -0.1) is 0 Å². The molecule has 0 atom stereocenters. The van der Waals surface area contributed by atoms with Crippen molar-refractivity contribution in [1.29, 1.82) is 0 Å². The fourth-order valence-corrected chi connectivity index (χ4v) is 3.31. The molecule has 2 aromatic rings. The normalized spacial score (nSPS) is 14.9. The third-order valence-corrected chi connectivity index (χ3v) is 5.75. The van der Waals surface area contributed by atoms with Crippen LogP contribution in [0, 0.1) is 10.1 Å². The van der Waals surface area contributed by atoms with Gasteiger partial charge in [-0.05, 0) is 31.2 Å². The van der Waals surface area contributed by atoms with Crippen molar-refractivity contribution < 1.29 is 9.72 Å². The number of thioether (sulfide) groups is 1. The summed E-state index contributed by atoms with van der Waals surface area (Å²) in [6.45, 7) is 0.695. The Labute approximate surface area is 144 Å². The maximum atomic E-state index is 12.5. The predicted octanol–water partition coefficient (Wildman–Crippen LogP) is 4.13. The lowest BCUT2D eigenvalue weighted by Crippen LogP contribution is -2.18. The molecule has 6 heteroatoms. The van der Waals surface area contributed by atoms with Crippen molar-refractivity contribution in [2.45, 2.75) is 17.6 Å². The number of carbonyl (C=O) groups excluding carboxylic acids is 1. The van der Waals surface area contributed by atoms with Crippen molar-refractivity contribution in [3.05, 3.63) is 69.8 Å². The average Bonchev–Trinajstić information content (AvgIpc) is 3.40. The summed E-state index contributed by atoms with van der Waals surface area (Å²) in [5, 5.41) is 14.6. The van der Waals surface area contributed by atoms with Crippen LogP contribution in [-0.4, -0.2) is 28.3 Å². The van der Waals surface area contributed by atoms with E-state index in [0.29, 0.717) is 23.4 Å². The molecule has 1 aliphatic carbocycles. The molecule has 0 radical (unpaired) electrons. The number of carbonyl (C=O) groups is 1. The molecule has 3 rings (SSSR count). The summed E-state index contributed by atoms with van der Waals surface area (Å²) in [5.41, 5.74) is 1.25. The zero-order valence-corrected chi connectivity index (χ0v) is 14.1. The first kappa shape index (κ1) is 16.5. The number of ketones is 1. The van der Waals surface area contributed by atoms with Crippen molar-refractivity contribution in [3.8, 4) is 0 Å². The summed E-state index contributed by atoms with van der Waals surface area (Å²) in [6.07, 6.45) is 4.31. The summed E-state index contributed by atoms with van der Waals surface area (Å²) in [7, 11) is 0. The van der Waals surface area contributed by atoms with Crippen LogP contribution < -0.4 is 5.32 Å². The molecule has 0 saturated heterocycles. The number of hydrogen-bond acceptors (Lipinski definition) is 5. The van der Waals surface area contributed by atoms with Gasteiger partial charge in [0.05, 0.1) is 4.92 Å². The van der Waals surface area contributed by atoms with Gasteiger partial charge in [-0.2, -0.15) is 11.8 Å². The highest BCUT2D eigenvalue weighted by Gasteiger charge is 2.41. The first-order valence-electron chi connectivity index (χ1n) is 7.72. The molecule has 0 spiro atoms. The Balaban J connectivity index is 1.84. The smallest absolute Gasteiger partial charge is 0.293 e. The molecule has 124 valence electrons. The Kier molecular flexibility index (Phi) is 4.57. The van der Waals surface area contributed by atoms with Crippen LogP contribution in [0.4, 0.5) is 11.4 Å². The summed E-state index contributed by atoms with van der Waals surface area (Å²) < 4.78 is 0.201. The second kappa shape index (κ2) is 6.65. The van der Waals surface area contributed by atoms with E-state index in [1.54, 1.807) is 48.2 Å². The molecule has 24 heavy (non-hydrogen) atoms. The molecule has 1 N–H and O–H groups in total. The molecule has 0 aliphatic heterocycles. The molecular formula is C18H18N2O3S. The first-order valence-corrected chi connectivity index (χ1v) is 8.94. The number of nitrogens with zero attached hydrogens (tertiary/aromatic N) is 1. The summed E-state index contributed by atoms with van der Waals surface area (Å²) >= 11 is 1.79. The minimum absolute atomic E-state index is 0.0614. The number of rotatable bonds is 7. The van der Waals surface area contributed by atoms with E-state index >= 15 is 0 Å².